The van der Waals surface area contributed by atoms with E-state index in [4.69, 9.17) is 9.47 Å². The third-order valence-corrected chi connectivity index (χ3v) is 1.92. The maximum Gasteiger partial charge on any atom is 0.155 e. The van der Waals surface area contributed by atoms with E-state index in [0.717, 1.165) is 0 Å². The lowest BCUT2D eigenvalue weighted by Crippen LogP contribution is -2.17. The normalized spacial score (nSPS) is 23.4. The lowest BCUT2D eigenvalue weighted by Gasteiger charge is -2.15. The lowest BCUT2D eigenvalue weighted by molar-refractivity contribution is -0.129. The summed E-state index contributed by atoms with van der Waals surface area (Å²) in [5, 5.41) is 0. The lowest BCUT2D eigenvalue weighted by atomic mass is 10.3. The fourth-order valence-electron chi connectivity index (χ4n) is 1.33. The van der Waals surface area contributed by atoms with Gasteiger partial charge in [-0.2, -0.15) is 0 Å². The molecular formula is C8H15O2. The van der Waals surface area contributed by atoms with Crippen LogP contribution in [0.2, 0.25) is 0 Å². The second-order valence-corrected chi connectivity index (χ2v) is 2.78. The van der Waals surface area contributed by atoms with Crippen molar-refractivity contribution in [3.63, 3.8) is 0 Å². The van der Waals surface area contributed by atoms with Gasteiger partial charge in [0.2, 0.25) is 0 Å². The van der Waals surface area contributed by atoms with Gasteiger partial charge in [-0.3, -0.25) is 0 Å². The second kappa shape index (κ2) is 3.94. The zero-order valence-electron chi connectivity index (χ0n) is 6.51. The SMILES string of the molecule is [CH2]OC(C)OC1CCCC1. The second-order valence-electron chi connectivity index (χ2n) is 2.78. The van der Waals surface area contributed by atoms with Crippen LogP contribution in [0.25, 0.3) is 0 Å². The van der Waals surface area contributed by atoms with E-state index in [1.807, 2.05) is 6.92 Å². The zero-order chi connectivity index (χ0) is 7.40. The Bertz CT molecular complexity index is 87.3. The van der Waals surface area contributed by atoms with Gasteiger partial charge in [0.15, 0.2) is 6.29 Å². The quantitative estimate of drug-likeness (QED) is 0.563. The molecule has 1 radical (unpaired) electrons. The predicted molar refractivity (Wildman–Crippen MR) is 39.2 cm³/mol. The summed E-state index contributed by atoms with van der Waals surface area (Å²) in [5.74, 6) is 0. The Balaban J connectivity index is 2.11. The first-order chi connectivity index (χ1) is 4.83. The standard InChI is InChI=1S/C8H15O2/c1-7(9-2)10-8-5-3-4-6-8/h7-8H,2-6H2,1H3. The van der Waals surface area contributed by atoms with Crippen LogP contribution >= 0.6 is 0 Å². The minimum absolute atomic E-state index is 0.136. The topological polar surface area (TPSA) is 18.5 Å². The van der Waals surface area contributed by atoms with Crippen molar-refractivity contribution in [1.29, 1.82) is 0 Å². The van der Waals surface area contributed by atoms with Gasteiger partial charge in [0.05, 0.1) is 13.2 Å². The van der Waals surface area contributed by atoms with Crippen LogP contribution in [0.4, 0.5) is 0 Å². The smallest absolute Gasteiger partial charge is 0.155 e. The van der Waals surface area contributed by atoms with E-state index in [1.54, 1.807) is 0 Å². The molecule has 0 aromatic rings. The first kappa shape index (κ1) is 8.02. The van der Waals surface area contributed by atoms with E-state index >= 15 is 0 Å². The minimum atomic E-state index is -0.136. The van der Waals surface area contributed by atoms with Crippen molar-refractivity contribution in [2.75, 3.05) is 0 Å². The number of rotatable bonds is 3. The van der Waals surface area contributed by atoms with Crippen molar-refractivity contribution in [2.24, 2.45) is 0 Å². The molecule has 1 saturated carbocycles. The van der Waals surface area contributed by atoms with Crippen LogP contribution in [0.15, 0.2) is 0 Å². The molecule has 1 unspecified atom stereocenters. The van der Waals surface area contributed by atoms with Crippen LogP contribution in [0.5, 0.6) is 0 Å². The summed E-state index contributed by atoms with van der Waals surface area (Å²) in [5.41, 5.74) is 0. The number of ether oxygens (including phenoxy) is 2. The first-order valence-corrected chi connectivity index (χ1v) is 3.89. The summed E-state index contributed by atoms with van der Waals surface area (Å²) < 4.78 is 10.2. The average Bonchev–Trinajstić information content (AvgIpc) is 2.40. The highest BCUT2D eigenvalue weighted by atomic mass is 16.7. The van der Waals surface area contributed by atoms with Crippen LogP contribution in [-0.2, 0) is 9.47 Å². The van der Waals surface area contributed by atoms with Crippen LogP contribution in [-0.4, -0.2) is 12.4 Å². The molecule has 0 amide bonds. The maximum atomic E-state index is 5.48. The van der Waals surface area contributed by atoms with Gasteiger partial charge in [-0.15, -0.1) is 0 Å². The average molecular weight is 143 g/mol. The fraction of sp³-hybridized carbons (Fsp3) is 0.875. The Labute approximate surface area is 62.5 Å². The Hall–Kier alpha value is -0.0800. The Kier molecular flexibility index (Phi) is 3.16. The molecule has 2 heteroatoms. The van der Waals surface area contributed by atoms with Crippen molar-refractivity contribution >= 4 is 0 Å². The monoisotopic (exact) mass is 143 g/mol. The molecule has 10 heavy (non-hydrogen) atoms. The molecule has 1 fully saturated rings. The largest absolute Gasteiger partial charge is 0.351 e. The fourth-order valence-corrected chi connectivity index (χ4v) is 1.33. The molecule has 1 rings (SSSR count). The van der Waals surface area contributed by atoms with E-state index in [-0.39, 0.29) is 6.29 Å². The van der Waals surface area contributed by atoms with Gasteiger partial charge < -0.3 is 9.47 Å². The molecule has 1 aliphatic carbocycles. The Morgan fingerprint density at radius 2 is 2.00 bits per heavy atom. The summed E-state index contributed by atoms with van der Waals surface area (Å²) in [4.78, 5) is 0. The molecule has 59 valence electrons. The van der Waals surface area contributed by atoms with Gasteiger partial charge >= 0.3 is 0 Å². The van der Waals surface area contributed by atoms with E-state index in [0.29, 0.717) is 6.10 Å². The third-order valence-electron chi connectivity index (χ3n) is 1.92. The zero-order valence-corrected chi connectivity index (χ0v) is 6.51. The highest BCUT2D eigenvalue weighted by Gasteiger charge is 2.17. The molecule has 1 atom stereocenters. The van der Waals surface area contributed by atoms with E-state index in [1.165, 1.54) is 25.7 Å². The molecule has 1 aliphatic rings. The summed E-state index contributed by atoms with van der Waals surface area (Å²) in [6.07, 6.45) is 5.27. The molecular weight excluding hydrogens is 128 g/mol. The summed E-state index contributed by atoms with van der Waals surface area (Å²) in [7, 11) is 3.30. The Morgan fingerprint density at radius 1 is 1.40 bits per heavy atom. The molecule has 0 aromatic carbocycles. The van der Waals surface area contributed by atoms with Gasteiger partial charge in [-0.05, 0) is 19.8 Å². The van der Waals surface area contributed by atoms with Crippen molar-refractivity contribution in [3.8, 4) is 0 Å². The summed E-state index contributed by atoms with van der Waals surface area (Å²) in [6, 6.07) is 0. The van der Waals surface area contributed by atoms with Crippen LogP contribution in [0.1, 0.15) is 32.6 Å². The molecule has 0 N–H and O–H groups in total. The molecule has 0 heterocycles. The number of hydrogen-bond donors (Lipinski definition) is 0. The van der Waals surface area contributed by atoms with Crippen LogP contribution in [0, 0.1) is 7.11 Å². The molecule has 0 saturated heterocycles. The third kappa shape index (κ3) is 2.27. The summed E-state index contributed by atoms with van der Waals surface area (Å²) >= 11 is 0. The maximum absolute atomic E-state index is 5.48. The van der Waals surface area contributed by atoms with Crippen molar-refractivity contribution in [2.45, 2.75) is 45.0 Å². The van der Waals surface area contributed by atoms with Gasteiger partial charge in [0.25, 0.3) is 0 Å². The van der Waals surface area contributed by atoms with Gasteiger partial charge in [0, 0.05) is 0 Å². The molecule has 0 bridgehead atoms. The molecule has 2 nitrogen and oxygen atoms in total. The minimum Gasteiger partial charge on any atom is -0.351 e. The van der Waals surface area contributed by atoms with Crippen molar-refractivity contribution < 1.29 is 9.47 Å². The predicted octanol–water partition coefficient (Wildman–Crippen LogP) is 2.10. The van der Waals surface area contributed by atoms with Gasteiger partial charge in [-0.25, -0.2) is 0 Å². The molecule has 0 spiro atoms. The van der Waals surface area contributed by atoms with Crippen molar-refractivity contribution in [3.05, 3.63) is 7.11 Å². The van der Waals surface area contributed by atoms with Crippen LogP contribution in [0.3, 0.4) is 0 Å². The van der Waals surface area contributed by atoms with Crippen LogP contribution < -0.4 is 0 Å². The van der Waals surface area contributed by atoms with Crippen molar-refractivity contribution in [1.82, 2.24) is 0 Å². The van der Waals surface area contributed by atoms with Gasteiger partial charge in [-0.1, -0.05) is 12.8 Å². The molecule has 0 aromatic heterocycles. The van der Waals surface area contributed by atoms with E-state index in [2.05, 4.69) is 7.11 Å². The molecule has 0 aliphatic heterocycles. The summed E-state index contributed by atoms with van der Waals surface area (Å²) in [6.45, 7) is 1.88. The number of hydrogen-bond acceptors (Lipinski definition) is 2. The highest BCUT2D eigenvalue weighted by Crippen LogP contribution is 2.22. The first-order valence-electron chi connectivity index (χ1n) is 3.89. The van der Waals surface area contributed by atoms with Gasteiger partial charge in [0.1, 0.15) is 0 Å². The highest BCUT2D eigenvalue weighted by molar-refractivity contribution is 4.66. The van der Waals surface area contributed by atoms with E-state index < -0.39 is 0 Å². The Morgan fingerprint density at radius 3 is 2.50 bits per heavy atom. The van der Waals surface area contributed by atoms with E-state index in [9.17, 15) is 0 Å².